The zero-order chi connectivity index (χ0) is 15.0. The molecule has 0 saturated carbocycles. The van der Waals surface area contributed by atoms with E-state index in [2.05, 4.69) is 10.3 Å². The third-order valence-corrected chi connectivity index (χ3v) is 5.87. The number of nitrogens with zero attached hydrogens (tertiary/aromatic N) is 2. The van der Waals surface area contributed by atoms with E-state index < -0.39 is 16.1 Å². The van der Waals surface area contributed by atoms with Gasteiger partial charge in [-0.05, 0) is 12.8 Å². The monoisotopic (exact) mass is 331 g/mol. The summed E-state index contributed by atoms with van der Waals surface area (Å²) >= 11 is 1.34. The highest BCUT2D eigenvalue weighted by molar-refractivity contribution is 7.88. The van der Waals surface area contributed by atoms with Crippen LogP contribution in [0.15, 0.2) is 0 Å². The molecule has 1 aromatic rings. The van der Waals surface area contributed by atoms with Crippen LogP contribution in [0.4, 0.5) is 5.13 Å². The molecule has 1 fully saturated rings. The van der Waals surface area contributed by atoms with Crippen LogP contribution in [0, 0.1) is 0 Å². The van der Waals surface area contributed by atoms with E-state index in [1.54, 1.807) is 0 Å². The molecule has 1 atom stereocenters. The molecule has 21 heavy (non-hydrogen) atoms. The number of carbonyl (C=O) groups is 1. The lowest BCUT2D eigenvalue weighted by molar-refractivity contribution is -0.124. The number of hydrogen-bond donors (Lipinski definition) is 1. The predicted molar refractivity (Wildman–Crippen MR) is 78.7 cm³/mol. The fraction of sp³-hybridized carbons (Fsp3) is 0.667. The Hall–Kier alpha value is -1.03. The summed E-state index contributed by atoms with van der Waals surface area (Å²) in [5, 5.41) is 3.29. The summed E-state index contributed by atoms with van der Waals surface area (Å²) in [6, 6.07) is 0. The van der Waals surface area contributed by atoms with Crippen molar-refractivity contribution >= 4 is 32.4 Å². The lowest BCUT2D eigenvalue weighted by Crippen LogP contribution is -2.34. The van der Waals surface area contributed by atoms with Crippen molar-refractivity contribution in [3.63, 3.8) is 0 Å². The summed E-state index contributed by atoms with van der Waals surface area (Å²) in [6.07, 6.45) is 3.03. The van der Waals surface area contributed by atoms with Crippen LogP contribution < -0.4 is 5.32 Å². The minimum absolute atomic E-state index is 0.168. The number of carbonyl (C=O) groups excluding carboxylic acids is 1. The van der Waals surface area contributed by atoms with E-state index in [0.29, 0.717) is 31.2 Å². The van der Waals surface area contributed by atoms with Gasteiger partial charge in [-0.2, -0.15) is 4.31 Å². The van der Waals surface area contributed by atoms with E-state index in [1.165, 1.54) is 21.9 Å². The van der Waals surface area contributed by atoms with Gasteiger partial charge in [-0.1, -0.05) is 0 Å². The number of nitrogens with one attached hydrogen (secondary N) is 1. The number of amides is 1. The molecule has 9 heteroatoms. The Morgan fingerprint density at radius 3 is 3.00 bits per heavy atom. The fourth-order valence-corrected chi connectivity index (χ4v) is 4.37. The summed E-state index contributed by atoms with van der Waals surface area (Å²) in [5.41, 5.74) is 0.877. The molecule has 7 nitrogen and oxygen atoms in total. The molecule has 3 rings (SSSR count). The van der Waals surface area contributed by atoms with Crippen molar-refractivity contribution in [1.29, 1.82) is 0 Å². The van der Waals surface area contributed by atoms with Gasteiger partial charge in [0.15, 0.2) is 5.13 Å². The van der Waals surface area contributed by atoms with Gasteiger partial charge in [0.25, 0.3) is 5.91 Å². The van der Waals surface area contributed by atoms with Crippen LogP contribution in [0.25, 0.3) is 0 Å². The zero-order valence-corrected chi connectivity index (χ0v) is 13.3. The van der Waals surface area contributed by atoms with E-state index in [1.807, 2.05) is 0 Å². The highest BCUT2D eigenvalue weighted by atomic mass is 32.2. The van der Waals surface area contributed by atoms with Crippen molar-refractivity contribution in [2.45, 2.75) is 31.9 Å². The smallest absolute Gasteiger partial charge is 0.255 e. The molecule has 1 N–H and O–H groups in total. The summed E-state index contributed by atoms with van der Waals surface area (Å²) < 4.78 is 29.9. The van der Waals surface area contributed by atoms with E-state index in [9.17, 15) is 13.2 Å². The van der Waals surface area contributed by atoms with E-state index in [-0.39, 0.29) is 5.91 Å². The first-order valence-electron chi connectivity index (χ1n) is 6.79. The van der Waals surface area contributed by atoms with Crippen LogP contribution in [-0.4, -0.2) is 49.1 Å². The molecule has 116 valence electrons. The van der Waals surface area contributed by atoms with Gasteiger partial charge in [-0.15, -0.1) is 11.3 Å². The van der Waals surface area contributed by atoms with Crippen LogP contribution >= 0.6 is 11.3 Å². The summed E-state index contributed by atoms with van der Waals surface area (Å²) in [6.45, 7) is 1.39. The molecule has 0 radical (unpaired) electrons. The van der Waals surface area contributed by atoms with Crippen LogP contribution in [0.1, 0.15) is 23.4 Å². The number of rotatable bonds is 3. The molecule has 0 aliphatic carbocycles. The van der Waals surface area contributed by atoms with Crippen LogP contribution in [-0.2, 0) is 32.5 Å². The molecule has 1 aromatic heterocycles. The standard InChI is InChI=1S/C12H17N3O4S2/c1-21(17,18)15-5-4-8-10(7-15)20-12(13-8)14-11(16)9-3-2-6-19-9/h9H,2-7H2,1H3,(H,13,14,16)/t9-/m0/s1. The molecule has 1 amide bonds. The van der Waals surface area contributed by atoms with Gasteiger partial charge in [0.2, 0.25) is 10.0 Å². The summed E-state index contributed by atoms with van der Waals surface area (Å²) in [5.74, 6) is -0.168. The Balaban J connectivity index is 1.70. The Morgan fingerprint density at radius 2 is 2.33 bits per heavy atom. The Morgan fingerprint density at radius 1 is 1.52 bits per heavy atom. The quantitative estimate of drug-likeness (QED) is 0.875. The number of ether oxygens (including phenoxy) is 1. The van der Waals surface area contributed by atoms with Crippen molar-refractivity contribution in [1.82, 2.24) is 9.29 Å². The topological polar surface area (TPSA) is 88.6 Å². The first-order chi connectivity index (χ1) is 9.93. The fourth-order valence-electron chi connectivity index (χ4n) is 2.48. The lowest BCUT2D eigenvalue weighted by Gasteiger charge is -2.23. The van der Waals surface area contributed by atoms with Gasteiger partial charge < -0.3 is 4.74 Å². The number of anilines is 1. The average Bonchev–Trinajstić information content (AvgIpc) is 3.05. The molecule has 0 aromatic carbocycles. The first-order valence-corrected chi connectivity index (χ1v) is 9.46. The van der Waals surface area contributed by atoms with Gasteiger partial charge in [0.1, 0.15) is 6.10 Å². The second-order valence-corrected chi connectivity index (χ2v) is 8.29. The van der Waals surface area contributed by atoms with Gasteiger partial charge >= 0.3 is 0 Å². The molecule has 3 heterocycles. The van der Waals surface area contributed by atoms with E-state index >= 15 is 0 Å². The van der Waals surface area contributed by atoms with Crippen molar-refractivity contribution in [2.24, 2.45) is 0 Å². The molecule has 2 aliphatic rings. The minimum Gasteiger partial charge on any atom is -0.368 e. The van der Waals surface area contributed by atoms with Crippen molar-refractivity contribution in [2.75, 3.05) is 24.7 Å². The van der Waals surface area contributed by atoms with E-state index in [4.69, 9.17) is 4.74 Å². The highest BCUT2D eigenvalue weighted by Crippen LogP contribution is 2.29. The molecule has 0 bridgehead atoms. The number of thiazole rings is 1. The molecule has 0 unspecified atom stereocenters. The maximum Gasteiger partial charge on any atom is 0.255 e. The number of aromatic nitrogens is 1. The SMILES string of the molecule is CS(=O)(=O)N1CCc2nc(NC(=O)[C@@H]3CCCO3)sc2C1. The van der Waals surface area contributed by atoms with Crippen LogP contribution in [0.2, 0.25) is 0 Å². The average molecular weight is 331 g/mol. The van der Waals surface area contributed by atoms with Gasteiger partial charge in [-0.25, -0.2) is 13.4 Å². The normalized spacial score (nSPS) is 23.0. The van der Waals surface area contributed by atoms with Crippen molar-refractivity contribution in [3.05, 3.63) is 10.6 Å². The molecular weight excluding hydrogens is 314 g/mol. The second-order valence-electron chi connectivity index (χ2n) is 5.23. The maximum atomic E-state index is 12.0. The van der Waals surface area contributed by atoms with Crippen molar-refractivity contribution in [3.8, 4) is 0 Å². The molecule has 0 spiro atoms. The van der Waals surface area contributed by atoms with Crippen LogP contribution in [0.5, 0.6) is 0 Å². The second kappa shape index (κ2) is 5.64. The van der Waals surface area contributed by atoms with Gasteiger partial charge in [0.05, 0.1) is 11.9 Å². The summed E-state index contributed by atoms with van der Waals surface area (Å²) in [7, 11) is -3.19. The number of fused-ring (bicyclic) bond motifs is 1. The number of sulfonamides is 1. The highest BCUT2D eigenvalue weighted by Gasteiger charge is 2.28. The number of hydrogen-bond acceptors (Lipinski definition) is 6. The largest absolute Gasteiger partial charge is 0.368 e. The predicted octanol–water partition coefficient (Wildman–Crippen LogP) is 0.578. The minimum atomic E-state index is -3.19. The third-order valence-electron chi connectivity index (χ3n) is 3.62. The Labute approximate surface area is 127 Å². The lowest BCUT2D eigenvalue weighted by atomic mass is 10.2. The van der Waals surface area contributed by atoms with Gasteiger partial charge in [0, 0.05) is 31.0 Å². The Kier molecular flexibility index (Phi) is 4.00. The maximum absolute atomic E-state index is 12.0. The van der Waals surface area contributed by atoms with Gasteiger partial charge in [-0.3, -0.25) is 10.1 Å². The first kappa shape index (κ1) is 14.9. The third kappa shape index (κ3) is 3.25. The Bertz CT molecular complexity index is 649. The van der Waals surface area contributed by atoms with E-state index in [0.717, 1.165) is 23.4 Å². The molecule has 1 saturated heterocycles. The molecule has 2 aliphatic heterocycles. The summed E-state index contributed by atoms with van der Waals surface area (Å²) in [4.78, 5) is 17.3. The zero-order valence-electron chi connectivity index (χ0n) is 11.7. The van der Waals surface area contributed by atoms with Crippen LogP contribution in [0.3, 0.4) is 0 Å². The van der Waals surface area contributed by atoms with Crippen molar-refractivity contribution < 1.29 is 17.9 Å². The molecular formula is C12H17N3O4S2.